The van der Waals surface area contributed by atoms with Gasteiger partial charge in [0, 0.05) is 5.41 Å². The first kappa shape index (κ1) is 15.1. The van der Waals surface area contributed by atoms with Crippen molar-refractivity contribution < 1.29 is 18.0 Å². The normalized spacial score (nSPS) is 12.6. The van der Waals surface area contributed by atoms with E-state index in [0.717, 1.165) is 0 Å². The van der Waals surface area contributed by atoms with Crippen LogP contribution in [0.4, 0.5) is 13.2 Å². The Morgan fingerprint density at radius 3 is 2.22 bits per heavy atom. The number of ketones is 1. The molecule has 0 aliphatic rings. The predicted octanol–water partition coefficient (Wildman–Crippen LogP) is 3.37. The van der Waals surface area contributed by atoms with E-state index in [4.69, 9.17) is 0 Å². The Morgan fingerprint density at radius 2 is 1.83 bits per heavy atom. The van der Waals surface area contributed by atoms with Crippen LogP contribution in [0, 0.1) is 0 Å². The largest absolute Gasteiger partial charge is 0.433 e. The van der Waals surface area contributed by atoms with Gasteiger partial charge in [-0.3, -0.25) is 4.79 Å². The van der Waals surface area contributed by atoms with Gasteiger partial charge in [-0.05, 0) is 6.07 Å². The predicted molar refractivity (Wildman–Crippen MR) is 63.9 cm³/mol. The van der Waals surface area contributed by atoms with Crippen LogP contribution in [0.1, 0.15) is 42.8 Å². The first-order chi connectivity index (χ1) is 8.05. The quantitative estimate of drug-likeness (QED) is 0.618. The summed E-state index contributed by atoms with van der Waals surface area (Å²) in [5.74, 6) is -0.505. The van der Waals surface area contributed by atoms with Gasteiger partial charge in [-0.25, -0.2) is 9.97 Å². The van der Waals surface area contributed by atoms with Crippen molar-refractivity contribution in [1.82, 2.24) is 9.97 Å². The van der Waals surface area contributed by atoms with Gasteiger partial charge in [-0.15, -0.1) is 0 Å². The number of carbonyl (C=O) groups is 1. The molecule has 3 nitrogen and oxygen atoms in total. The standard InChI is InChI=1S/C11H12BrF3N2O/c1-10(2,3)9-16-6(7(18)5-12)4-8(17-9)11(13,14)15/h4H,5H2,1-3H3. The average molecular weight is 325 g/mol. The Morgan fingerprint density at radius 1 is 1.28 bits per heavy atom. The molecule has 0 aliphatic heterocycles. The molecule has 1 rings (SSSR count). The summed E-state index contributed by atoms with van der Waals surface area (Å²) in [6.07, 6.45) is -4.59. The van der Waals surface area contributed by atoms with E-state index in [0.29, 0.717) is 6.07 Å². The maximum atomic E-state index is 12.7. The van der Waals surface area contributed by atoms with E-state index in [1.54, 1.807) is 20.8 Å². The Hall–Kier alpha value is -0.980. The lowest BCUT2D eigenvalue weighted by molar-refractivity contribution is -0.141. The van der Waals surface area contributed by atoms with Gasteiger partial charge in [0.1, 0.15) is 17.2 Å². The number of carbonyl (C=O) groups excluding carboxylic acids is 1. The summed E-state index contributed by atoms with van der Waals surface area (Å²) >= 11 is 2.91. The zero-order chi connectivity index (χ0) is 14.1. The molecule has 0 aromatic carbocycles. The molecule has 18 heavy (non-hydrogen) atoms. The van der Waals surface area contributed by atoms with Crippen molar-refractivity contribution in [2.24, 2.45) is 0 Å². The lowest BCUT2D eigenvalue weighted by atomic mass is 9.95. The van der Waals surface area contributed by atoms with Crippen LogP contribution >= 0.6 is 15.9 Å². The molecule has 0 atom stereocenters. The molecule has 0 fully saturated rings. The van der Waals surface area contributed by atoms with Crippen molar-refractivity contribution in [2.45, 2.75) is 32.4 Å². The summed E-state index contributed by atoms with van der Waals surface area (Å²) in [6.45, 7) is 5.06. The molecule has 7 heteroatoms. The highest BCUT2D eigenvalue weighted by molar-refractivity contribution is 9.09. The summed E-state index contributed by atoms with van der Waals surface area (Å²) in [5.41, 5.74) is -1.98. The zero-order valence-corrected chi connectivity index (χ0v) is 11.7. The van der Waals surface area contributed by atoms with Gasteiger partial charge in [0.05, 0.1) is 5.33 Å². The summed E-state index contributed by atoms with van der Waals surface area (Å²) in [5, 5.41) is -0.0785. The molecular formula is C11H12BrF3N2O. The molecular weight excluding hydrogens is 313 g/mol. The number of halogens is 4. The van der Waals surface area contributed by atoms with E-state index in [2.05, 4.69) is 25.9 Å². The van der Waals surface area contributed by atoms with Gasteiger partial charge < -0.3 is 0 Å². The first-order valence-electron chi connectivity index (χ1n) is 5.11. The van der Waals surface area contributed by atoms with Crippen molar-refractivity contribution in [3.63, 3.8) is 0 Å². The van der Waals surface area contributed by atoms with Crippen LogP contribution in [-0.2, 0) is 11.6 Å². The Balaban J connectivity index is 3.44. The molecule has 1 aromatic rings. The van der Waals surface area contributed by atoms with Crippen LogP contribution in [0.2, 0.25) is 0 Å². The molecule has 0 amide bonds. The minimum absolute atomic E-state index is 0.00150. The van der Waals surface area contributed by atoms with E-state index in [-0.39, 0.29) is 16.8 Å². The van der Waals surface area contributed by atoms with Crippen molar-refractivity contribution in [3.8, 4) is 0 Å². The topological polar surface area (TPSA) is 42.9 Å². The lowest BCUT2D eigenvalue weighted by Gasteiger charge is -2.18. The molecule has 0 N–H and O–H groups in total. The fourth-order valence-electron chi connectivity index (χ4n) is 1.14. The third-order valence-electron chi connectivity index (χ3n) is 2.09. The molecule has 0 spiro atoms. The summed E-state index contributed by atoms with van der Waals surface area (Å²) in [7, 11) is 0. The molecule has 0 bridgehead atoms. The number of aromatic nitrogens is 2. The van der Waals surface area contributed by atoms with Crippen molar-refractivity contribution >= 4 is 21.7 Å². The van der Waals surface area contributed by atoms with Crippen LogP contribution < -0.4 is 0 Å². The van der Waals surface area contributed by atoms with Gasteiger partial charge in [0.15, 0.2) is 5.78 Å². The number of hydrogen-bond acceptors (Lipinski definition) is 3. The minimum Gasteiger partial charge on any atom is -0.291 e. The monoisotopic (exact) mass is 324 g/mol. The molecule has 0 radical (unpaired) electrons. The SMILES string of the molecule is CC(C)(C)c1nc(C(=O)CBr)cc(C(F)(F)F)n1. The molecule has 100 valence electrons. The second-order valence-corrected chi connectivity index (χ2v) is 5.33. The maximum Gasteiger partial charge on any atom is 0.433 e. The smallest absolute Gasteiger partial charge is 0.291 e. The fraction of sp³-hybridized carbons (Fsp3) is 0.545. The molecule has 0 aliphatic carbocycles. The number of hydrogen-bond donors (Lipinski definition) is 0. The van der Waals surface area contributed by atoms with E-state index in [1.807, 2.05) is 0 Å². The summed E-state index contributed by atoms with van der Waals surface area (Å²) in [4.78, 5) is 18.9. The molecule has 1 heterocycles. The van der Waals surface area contributed by atoms with Gasteiger partial charge in [0.2, 0.25) is 0 Å². The van der Waals surface area contributed by atoms with Gasteiger partial charge in [-0.2, -0.15) is 13.2 Å². The Bertz CT molecular complexity index is 434. The van der Waals surface area contributed by atoms with Gasteiger partial charge >= 0.3 is 6.18 Å². The Kier molecular flexibility index (Phi) is 4.15. The first-order valence-corrected chi connectivity index (χ1v) is 6.24. The molecule has 0 unspecified atom stereocenters. The van der Waals surface area contributed by atoms with Crippen LogP contribution in [0.15, 0.2) is 6.07 Å². The molecule has 0 saturated heterocycles. The second-order valence-electron chi connectivity index (χ2n) is 4.77. The third kappa shape index (κ3) is 3.51. The van der Waals surface area contributed by atoms with Crippen molar-refractivity contribution in [1.29, 1.82) is 0 Å². The highest BCUT2D eigenvalue weighted by Gasteiger charge is 2.35. The summed E-state index contributed by atoms with van der Waals surface area (Å²) < 4.78 is 38.1. The van der Waals surface area contributed by atoms with Crippen LogP contribution in [0.25, 0.3) is 0 Å². The number of rotatable bonds is 2. The Labute approximate surface area is 111 Å². The number of nitrogens with zero attached hydrogens (tertiary/aromatic N) is 2. The van der Waals surface area contributed by atoms with E-state index >= 15 is 0 Å². The molecule has 0 saturated carbocycles. The molecule has 1 aromatic heterocycles. The fourth-order valence-corrected chi connectivity index (χ4v) is 1.43. The van der Waals surface area contributed by atoms with Gasteiger partial charge in [0.25, 0.3) is 0 Å². The van der Waals surface area contributed by atoms with Crippen LogP contribution in [0.5, 0.6) is 0 Å². The average Bonchev–Trinajstić information content (AvgIpc) is 2.25. The van der Waals surface area contributed by atoms with Crippen LogP contribution in [0.3, 0.4) is 0 Å². The second kappa shape index (κ2) is 4.95. The van der Waals surface area contributed by atoms with E-state index in [1.165, 1.54) is 0 Å². The highest BCUT2D eigenvalue weighted by Crippen LogP contribution is 2.30. The van der Waals surface area contributed by atoms with E-state index in [9.17, 15) is 18.0 Å². The minimum atomic E-state index is -4.59. The van der Waals surface area contributed by atoms with Crippen molar-refractivity contribution in [3.05, 3.63) is 23.3 Å². The van der Waals surface area contributed by atoms with Gasteiger partial charge in [-0.1, -0.05) is 36.7 Å². The number of Topliss-reactive ketones (excluding diaryl/α,β-unsaturated/α-hetero) is 1. The number of alkyl halides is 4. The summed E-state index contributed by atoms with van der Waals surface area (Å²) in [6, 6.07) is 0.679. The third-order valence-corrected chi connectivity index (χ3v) is 2.60. The highest BCUT2D eigenvalue weighted by atomic mass is 79.9. The zero-order valence-electron chi connectivity index (χ0n) is 10.1. The van der Waals surface area contributed by atoms with Crippen molar-refractivity contribution in [2.75, 3.05) is 5.33 Å². The lowest BCUT2D eigenvalue weighted by Crippen LogP contribution is -2.22. The van der Waals surface area contributed by atoms with E-state index < -0.39 is 23.1 Å². The maximum absolute atomic E-state index is 12.7. The van der Waals surface area contributed by atoms with Crippen LogP contribution in [-0.4, -0.2) is 21.1 Å².